The van der Waals surface area contributed by atoms with E-state index >= 15 is 0 Å². The van der Waals surface area contributed by atoms with Crippen molar-refractivity contribution in [3.63, 3.8) is 0 Å². The largest absolute Gasteiger partial charge is 0.494 e. The van der Waals surface area contributed by atoms with E-state index < -0.39 is 41.2 Å². The van der Waals surface area contributed by atoms with Crippen LogP contribution in [0.5, 0.6) is 5.75 Å². The molecule has 0 aliphatic carbocycles. The van der Waals surface area contributed by atoms with Gasteiger partial charge in [-0.05, 0) is 65.3 Å². The number of likely N-dealkylation sites (tertiary alicyclic amines) is 1. The molecule has 3 unspecified atom stereocenters. The number of carbonyl (C=O) groups is 3. The molecule has 3 heterocycles. The van der Waals surface area contributed by atoms with Crippen LogP contribution < -0.4 is 15.4 Å². The lowest BCUT2D eigenvalue weighted by Gasteiger charge is -2.37. The number of halogens is 1. The van der Waals surface area contributed by atoms with Gasteiger partial charge >= 0.3 is 0 Å². The number of alkyl halides is 1. The molecule has 3 saturated heterocycles. The molecule has 0 radical (unpaired) electrons. The summed E-state index contributed by atoms with van der Waals surface area (Å²) in [5.41, 5.74) is -1.11. The van der Waals surface area contributed by atoms with Crippen molar-refractivity contribution in [1.82, 2.24) is 10.2 Å². The summed E-state index contributed by atoms with van der Waals surface area (Å²) in [7, 11) is 0. The third-order valence-corrected chi connectivity index (χ3v) is 7.79. The highest BCUT2D eigenvalue weighted by Gasteiger charge is 2.76. The highest BCUT2D eigenvalue weighted by molar-refractivity contribution is 9.09. The lowest BCUT2D eigenvalue weighted by molar-refractivity contribution is -0.145. The van der Waals surface area contributed by atoms with Crippen molar-refractivity contribution in [3.05, 3.63) is 24.3 Å². The third kappa shape index (κ3) is 4.44. The number of nitrogens with one attached hydrogen (secondary N) is 2. The quantitative estimate of drug-likeness (QED) is 0.446. The Hall–Kier alpha value is -2.17. The van der Waals surface area contributed by atoms with E-state index in [2.05, 4.69) is 26.6 Å². The molecule has 3 aliphatic heterocycles. The molecule has 7 atom stereocenters. The van der Waals surface area contributed by atoms with Crippen LogP contribution in [0.2, 0.25) is 0 Å². The second-order valence-corrected chi connectivity index (χ2v) is 11.8. The Kier molecular flexibility index (Phi) is 6.93. The lowest BCUT2D eigenvalue weighted by Crippen LogP contribution is -2.60. The fourth-order valence-corrected chi connectivity index (χ4v) is 6.64. The van der Waals surface area contributed by atoms with Gasteiger partial charge in [-0.25, -0.2) is 0 Å². The standard InChI is InChI=1S/C25H34BrN3O6/c1-6-34-15-9-7-14(8-10-15)27-21(31)17-18-23(33)29(13(2)12-30)20(22(32)28-24(3,4)5)25(18)11-16(26)19(17)35-25/h7-10,13,16-20,30H,6,11-12H2,1-5H3,(H,27,31)(H,28,32)/t13-,16?,17-,18+,19-,20?,25?/m1/s1. The zero-order valence-electron chi connectivity index (χ0n) is 20.7. The molecule has 3 aliphatic rings. The fourth-order valence-electron chi connectivity index (χ4n) is 5.69. The average Bonchev–Trinajstić information content (AvgIpc) is 3.37. The molecule has 3 N–H and O–H groups in total. The molecule has 35 heavy (non-hydrogen) atoms. The summed E-state index contributed by atoms with van der Waals surface area (Å²) in [6.45, 7) is 9.42. The number of hydrogen-bond acceptors (Lipinski definition) is 6. The highest BCUT2D eigenvalue weighted by Crippen LogP contribution is 2.60. The maximum Gasteiger partial charge on any atom is 0.246 e. The Balaban J connectivity index is 1.67. The first-order valence-corrected chi connectivity index (χ1v) is 13.0. The molecule has 10 heteroatoms. The van der Waals surface area contributed by atoms with E-state index in [1.54, 1.807) is 31.2 Å². The van der Waals surface area contributed by atoms with E-state index in [-0.39, 0.29) is 29.2 Å². The van der Waals surface area contributed by atoms with Crippen LogP contribution >= 0.6 is 15.9 Å². The van der Waals surface area contributed by atoms with Gasteiger partial charge in [0.25, 0.3) is 0 Å². The van der Waals surface area contributed by atoms with Crippen molar-refractivity contribution in [3.8, 4) is 5.75 Å². The molecule has 192 valence electrons. The fraction of sp³-hybridized carbons (Fsp3) is 0.640. The van der Waals surface area contributed by atoms with Crippen molar-refractivity contribution in [1.29, 1.82) is 0 Å². The number of ether oxygens (including phenoxy) is 2. The van der Waals surface area contributed by atoms with E-state index in [1.165, 1.54) is 4.90 Å². The second kappa shape index (κ2) is 9.37. The summed E-state index contributed by atoms with van der Waals surface area (Å²) in [6.07, 6.45) is -0.138. The number of rotatable bonds is 7. The number of fused-ring (bicyclic) bond motifs is 1. The van der Waals surface area contributed by atoms with E-state index in [9.17, 15) is 19.5 Å². The minimum atomic E-state index is -1.16. The highest BCUT2D eigenvalue weighted by atomic mass is 79.9. The molecule has 3 amide bonds. The van der Waals surface area contributed by atoms with Crippen LogP contribution in [0, 0.1) is 11.8 Å². The SMILES string of the molecule is CCOc1ccc(NC(=O)[C@H]2[C@@H]3OC4(CC3Br)C(C(=O)NC(C)(C)C)N([C@H](C)CO)C(=O)[C@H]24)cc1. The first kappa shape index (κ1) is 25.9. The van der Waals surface area contributed by atoms with E-state index in [4.69, 9.17) is 9.47 Å². The minimum Gasteiger partial charge on any atom is -0.494 e. The van der Waals surface area contributed by atoms with Gasteiger partial charge < -0.3 is 30.1 Å². The number of aliphatic hydroxyl groups is 1. The number of amides is 3. The van der Waals surface area contributed by atoms with Crippen molar-refractivity contribution in [2.24, 2.45) is 11.8 Å². The smallest absolute Gasteiger partial charge is 0.246 e. The minimum absolute atomic E-state index is 0.197. The molecule has 9 nitrogen and oxygen atoms in total. The number of aliphatic hydroxyl groups excluding tert-OH is 1. The molecule has 4 rings (SSSR count). The Bertz CT molecular complexity index is 996. The van der Waals surface area contributed by atoms with E-state index in [0.717, 1.165) is 0 Å². The first-order valence-electron chi connectivity index (χ1n) is 12.0. The Morgan fingerprint density at radius 3 is 2.51 bits per heavy atom. The molecule has 0 saturated carbocycles. The molecule has 1 spiro atoms. The van der Waals surface area contributed by atoms with Crippen molar-refractivity contribution < 1.29 is 29.0 Å². The van der Waals surface area contributed by atoms with Gasteiger partial charge in [0.15, 0.2) is 0 Å². The van der Waals surface area contributed by atoms with Crippen LogP contribution in [0.25, 0.3) is 0 Å². The summed E-state index contributed by atoms with van der Waals surface area (Å²) >= 11 is 3.65. The van der Waals surface area contributed by atoms with Crippen LogP contribution in [0.4, 0.5) is 5.69 Å². The molecular weight excluding hydrogens is 518 g/mol. The normalized spacial score (nSPS) is 32.4. The summed E-state index contributed by atoms with van der Waals surface area (Å²) < 4.78 is 11.9. The monoisotopic (exact) mass is 551 g/mol. The Morgan fingerprint density at radius 2 is 1.94 bits per heavy atom. The van der Waals surface area contributed by atoms with Crippen LogP contribution in [-0.2, 0) is 19.1 Å². The molecular formula is C25H34BrN3O6. The van der Waals surface area contributed by atoms with Crippen LogP contribution in [0.3, 0.4) is 0 Å². The van der Waals surface area contributed by atoms with Crippen LogP contribution in [-0.4, -0.2) is 75.1 Å². The van der Waals surface area contributed by atoms with Gasteiger partial charge in [-0.2, -0.15) is 0 Å². The maximum absolute atomic E-state index is 13.8. The van der Waals surface area contributed by atoms with Gasteiger partial charge in [0.1, 0.15) is 17.4 Å². The molecule has 1 aromatic rings. The molecule has 0 aromatic heterocycles. The van der Waals surface area contributed by atoms with Gasteiger partial charge in [-0.15, -0.1) is 0 Å². The van der Waals surface area contributed by atoms with Gasteiger partial charge in [-0.1, -0.05) is 15.9 Å². The maximum atomic E-state index is 13.8. The third-order valence-electron chi connectivity index (χ3n) is 6.95. The topological polar surface area (TPSA) is 117 Å². The number of anilines is 1. The predicted molar refractivity (Wildman–Crippen MR) is 133 cm³/mol. The summed E-state index contributed by atoms with van der Waals surface area (Å²) in [5.74, 6) is -1.93. The van der Waals surface area contributed by atoms with Crippen LogP contribution in [0.1, 0.15) is 41.0 Å². The van der Waals surface area contributed by atoms with Gasteiger partial charge in [0.05, 0.1) is 37.2 Å². The number of carbonyl (C=O) groups excluding carboxylic acids is 3. The zero-order chi connectivity index (χ0) is 25.7. The van der Waals surface area contributed by atoms with Gasteiger partial charge in [-0.3, -0.25) is 14.4 Å². The molecule has 3 fully saturated rings. The number of nitrogens with zero attached hydrogens (tertiary/aromatic N) is 1. The van der Waals surface area contributed by atoms with Crippen LogP contribution in [0.15, 0.2) is 24.3 Å². The van der Waals surface area contributed by atoms with Crippen molar-refractivity contribution in [2.75, 3.05) is 18.5 Å². The second-order valence-electron chi connectivity index (χ2n) is 10.6. The van der Waals surface area contributed by atoms with E-state index in [1.807, 2.05) is 27.7 Å². The summed E-state index contributed by atoms with van der Waals surface area (Å²) in [5, 5.41) is 15.8. The number of hydrogen-bond donors (Lipinski definition) is 3. The summed E-state index contributed by atoms with van der Waals surface area (Å²) in [4.78, 5) is 42.1. The van der Waals surface area contributed by atoms with Crippen molar-refractivity contribution in [2.45, 2.75) is 75.2 Å². The summed E-state index contributed by atoms with van der Waals surface area (Å²) in [6, 6.07) is 5.47. The number of benzene rings is 1. The van der Waals surface area contributed by atoms with Gasteiger partial charge in [0.2, 0.25) is 17.7 Å². The lowest BCUT2D eigenvalue weighted by atomic mass is 9.70. The molecule has 2 bridgehead atoms. The zero-order valence-corrected chi connectivity index (χ0v) is 22.3. The predicted octanol–water partition coefficient (Wildman–Crippen LogP) is 2.07. The Morgan fingerprint density at radius 1 is 1.29 bits per heavy atom. The van der Waals surface area contributed by atoms with E-state index in [0.29, 0.717) is 24.5 Å². The average molecular weight is 552 g/mol. The Labute approximate surface area is 214 Å². The van der Waals surface area contributed by atoms with Crippen molar-refractivity contribution >= 4 is 39.3 Å². The van der Waals surface area contributed by atoms with Gasteiger partial charge in [0, 0.05) is 16.1 Å². The molecule has 1 aromatic carbocycles. The first-order chi connectivity index (χ1) is 16.4.